The maximum absolute atomic E-state index is 11.3. The molecule has 0 spiro atoms. The van der Waals surface area contributed by atoms with Crippen molar-refractivity contribution in [2.24, 2.45) is 17.4 Å². The normalized spacial score (nSPS) is 17.7. The number of hydrogen-bond donors (Lipinski definition) is 3. The Bertz CT molecular complexity index is 469. The molecular formula is C15H24N4O. The van der Waals surface area contributed by atoms with E-state index in [4.69, 9.17) is 11.5 Å². The summed E-state index contributed by atoms with van der Waals surface area (Å²) in [6.07, 6.45) is 6.29. The Morgan fingerprint density at radius 2 is 2.10 bits per heavy atom. The first-order valence-electron chi connectivity index (χ1n) is 7.35. The second-order valence-corrected chi connectivity index (χ2v) is 5.63. The van der Waals surface area contributed by atoms with Crippen molar-refractivity contribution in [1.29, 1.82) is 0 Å². The highest BCUT2D eigenvalue weighted by Gasteiger charge is 2.23. The Morgan fingerprint density at radius 1 is 1.40 bits per heavy atom. The third-order valence-corrected chi connectivity index (χ3v) is 4.04. The van der Waals surface area contributed by atoms with E-state index in [1.807, 2.05) is 6.92 Å². The number of hydrogen-bond acceptors (Lipinski definition) is 4. The van der Waals surface area contributed by atoms with E-state index in [0.717, 1.165) is 5.69 Å². The zero-order chi connectivity index (χ0) is 14.5. The largest absolute Gasteiger partial charge is 0.366 e. The Balaban J connectivity index is 2.12. The monoisotopic (exact) mass is 276 g/mol. The van der Waals surface area contributed by atoms with Gasteiger partial charge in [0.25, 0.3) is 0 Å². The molecule has 1 atom stereocenters. The lowest BCUT2D eigenvalue weighted by Crippen LogP contribution is -2.37. The molecule has 110 valence electrons. The van der Waals surface area contributed by atoms with E-state index in [9.17, 15) is 4.79 Å². The van der Waals surface area contributed by atoms with Crippen LogP contribution in [-0.2, 0) is 0 Å². The van der Waals surface area contributed by atoms with Crippen molar-refractivity contribution in [2.45, 2.75) is 45.1 Å². The third-order valence-electron chi connectivity index (χ3n) is 4.04. The topological polar surface area (TPSA) is 94.0 Å². The molecule has 2 rings (SSSR count). The molecule has 1 heterocycles. The summed E-state index contributed by atoms with van der Waals surface area (Å²) in [6, 6.07) is 3.62. The van der Waals surface area contributed by atoms with Gasteiger partial charge in [0.2, 0.25) is 5.91 Å². The Hall–Kier alpha value is -1.62. The molecule has 1 unspecified atom stereocenters. The van der Waals surface area contributed by atoms with Crippen LogP contribution >= 0.6 is 0 Å². The standard InChI is InChI=1S/C15H24N4O/c1-10-7-12(15(17)20)8-14(18-10)19-13(9-16)11-5-3-2-4-6-11/h7-8,11,13H,2-6,9,16H2,1H3,(H2,17,20)(H,18,19). The van der Waals surface area contributed by atoms with Gasteiger partial charge in [0, 0.05) is 23.8 Å². The Morgan fingerprint density at radius 3 is 2.70 bits per heavy atom. The van der Waals surface area contributed by atoms with Gasteiger partial charge in [0.05, 0.1) is 0 Å². The molecule has 0 aliphatic heterocycles. The summed E-state index contributed by atoms with van der Waals surface area (Å²) < 4.78 is 0. The van der Waals surface area contributed by atoms with Crippen molar-refractivity contribution >= 4 is 11.7 Å². The fourth-order valence-corrected chi connectivity index (χ4v) is 2.98. The van der Waals surface area contributed by atoms with Gasteiger partial charge in [0.15, 0.2) is 0 Å². The summed E-state index contributed by atoms with van der Waals surface area (Å²) in [5, 5.41) is 3.39. The lowest BCUT2D eigenvalue weighted by Gasteiger charge is -2.30. The first-order chi connectivity index (χ1) is 9.60. The third kappa shape index (κ3) is 3.70. The van der Waals surface area contributed by atoms with Gasteiger partial charge >= 0.3 is 0 Å². The van der Waals surface area contributed by atoms with Gasteiger partial charge in [-0.2, -0.15) is 0 Å². The van der Waals surface area contributed by atoms with Crippen molar-refractivity contribution in [3.63, 3.8) is 0 Å². The number of nitrogens with zero attached hydrogens (tertiary/aromatic N) is 1. The molecule has 5 N–H and O–H groups in total. The number of anilines is 1. The summed E-state index contributed by atoms with van der Waals surface area (Å²) >= 11 is 0. The number of nitrogens with two attached hydrogens (primary N) is 2. The lowest BCUT2D eigenvalue weighted by atomic mass is 9.84. The number of nitrogens with one attached hydrogen (secondary N) is 1. The first kappa shape index (κ1) is 14.8. The van der Waals surface area contributed by atoms with Crippen molar-refractivity contribution in [1.82, 2.24) is 4.98 Å². The molecule has 1 saturated carbocycles. The van der Waals surface area contributed by atoms with Gasteiger partial charge in [-0.25, -0.2) is 4.98 Å². The number of carbonyl (C=O) groups is 1. The van der Waals surface area contributed by atoms with E-state index in [0.29, 0.717) is 23.8 Å². The van der Waals surface area contributed by atoms with Crippen LogP contribution in [0.1, 0.15) is 48.2 Å². The summed E-state index contributed by atoms with van der Waals surface area (Å²) in [5.74, 6) is 0.855. The predicted molar refractivity (Wildman–Crippen MR) is 80.5 cm³/mol. The zero-order valence-corrected chi connectivity index (χ0v) is 12.1. The van der Waals surface area contributed by atoms with Crippen molar-refractivity contribution in [3.8, 4) is 0 Å². The minimum atomic E-state index is -0.430. The van der Waals surface area contributed by atoms with Gasteiger partial charge in [-0.05, 0) is 37.8 Å². The lowest BCUT2D eigenvalue weighted by molar-refractivity contribution is 0.1000. The van der Waals surface area contributed by atoms with Crippen LogP contribution in [0, 0.1) is 12.8 Å². The number of aryl methyl sites for hydroxylation is 1. The van der Waals surface area contributed by atoms with Crippen LogP contribution in [0.2, 0.25) is 0 Å². The number of pyridine rings is 1. The number of amides is 1. The highest BCUT2D eigenvalue weighted by Crippen LogP contribution is 2.27. The molecule has 5 nitrogen and oxygen atoms in total. The quantitative estimate of drug-likeness (QED) is 0.764. The Kier molecular flexibility index (Phi) is 4.95. The summed E-state index contributed by atoms with van der Waals surface area (Å²) in [5.41, 5.74) is 12.5. The number of carbonyl (C=O) groups excluding carboxylic acids is 1. The van der Waals surface area contributed by atoms with Crippen molar-refractivity contribution in [2.75, 3.05) is 11.9 Å². The second kappa shape index (κ2) is 6.70. The first-order valence-corrected chi connectivity index (χ1v) is 7.35. The van der Waals surface area contributed by atoms with Crippen LogP contribution in [0.5, 0.6) is 0 Å². The highest BCUT2D eigenvalue weighted by molar-refractivity contribution is 5.93. The maximum Gasteiger partial charge on any atom is 0.248 e. The predicted octanol–water partition coefficient (Wildman–Crippen LogP) is 1.81. The fourth-order valence-electron chi connectivity index (χ4n) is 2.98. The molecular weight excluding hydrogens is 252 g/mol. The molecule has 1 fully saturated rings. The van der Waals surface area contributed by atoms with Crippen LogP contribution in [-0.4, -0.2) is 23.5 Å². The van der Waals surface area contributed by atoms with Gasteiger partial charge in [0.1, 0.15) is 5.82 Å². The van der Waals surface area contributed by atoms with E-state index < -0.39 is 5.91 Å². The van der Waals surface area contributed by atoms with Crippen LogP contribution in [0.4, 0.5) is 5.82 Å². The highest BCUT2D eigenvalue weighted by atomic mass is 16.1. The summed E-state index contributed by atoms with van der Waals surface area (Å²) in [6.45, 7) is 2.43. The minimum Gasteiger partial charge on any atom is -0.366 e. The van der Waals surface area contributed by atoms with Crippen LogP contribution in [0.15, 0.2) is 12.1 Å². The van der Waals surface area contributed by atoms with E-state index in [1.165, 1.54) is 32.1 Å². The van der Waals surface area contributed by atoms with Gasteiger partial charge < -0.3 is 16.8 Å². The summed E-state index contributed by atoms with van der Waals surface area (Å²) in [7, 11) is 0. The smallest absolute Gasteiger partial charge is 0.248 e. The SMILES string of the molecule is Cc1cc(C(N)=O)cc(NC(CN)C2CCCCC2)n1. The molecule has 1 amide bonds. The number of aromatic nitrogens is 1. The van der Waals surface area contributed by atoms with E-state index >= 15 is 0 Å². The molecule has 0 aromatic carbocycles. The summed E-state index contributed by atoms with van der Waals surface area (Å²) in [4.78, 5) is 15.7. The van der Waals surface area contributed by atoms with Gasteiger partial charge in [-0.1, -0.05) is 19.3 Å². The Labute approximate surface area is 120 Å². The number of rotatable bonds is 5. The van der Waals surface area contributed by atoms with E-state index in [1.54, 1.807) is 12.1 Å². The van der Waals surface area contributed by atoms with Crippen molar-refractivity contribution in [3.05, 3.63) is 23.4 Å². The zero-order valence-electron chi connectivity index (χ0n) is 12.1. The van der Waals surface area contributed by atoms with Crippen molar-refractivity contribution < 1.29 is 4.79 Å². The van der Waals surface area contributed by atoms with E-state index in [2.05, 4.69) is 10.3 Å². The number of primary amides is 1. The minimum absolute atomic E-state index is 0.213. The molecule has 1 aromatic rings. The molecule has 1 aromatic heterocycles. The van der Waals surface area contributed by atoms with Gasteiger partial charge in [-0.15, -0.1) is 0 Å². The molecule has 5 heteroatoms. The molecule has 0 saturated heterocycles. The molecule has 0 bridgehead atoms. The maximum atomic E-state index is 11.3. The average Bonchev–Trinajstić information content (AvgIpc) is 2.45. The molecule has 0 radical (unpaired) electrons. The molecule has 1 aliphatic carbocycles. The second-order valence-electron chi connectivity index (χ2n) is 5.63. The average molecular weight is 276 g/mol. The molecule has 1 aliphatic rings. The van der Waals surface area contributed by atoms with Crippen LogP contribution in [0.3, 0.4) is 0 Å². The van der Waals surface area contributed by atoms with Gasteiger partial charge in [-0.3, -0.25) is 4.79 Å². The fraction of sp³-hybridized carbons (Fsp3) is 0.600. The van der Waals surface area contributed by atoms with E-state index in [-0.39, 0.29) is 6.04 Å². The van der Waals surface area contributed by atoms with Crippen LogP contribution < -0.4 is 16.8 Å². The van der Waals surface area contributed by atoms with Crippen LogP contribution in [0.25, 0.3) is 0 Å². The molecule has 20 heavy (non-hydrogen) atoms.